The molecule has 0 aliphatic carbocycles. The van der Waals surface area contributed by atoms with Gasteiger partial charge in [-0.2, -0.15) is 0 Å². The zero-order chi connectivity index (χ0) is 22.9. The van der Waals surface area contributed by atoms with Crippen LogP contribution in [0.4, 0.5) is 0 Å². The lowest BCUT2D eigenvalue weighted by atomic mass is 10.1. The van der Waals surface area contributed by atoms with E-state index < -0.39 is 5.60 Å². The Morgan fingerprint density at radius 2 is 1.67 bits per heavy atom. The van der Waals surface area contributed by atoms with E-state index in [0.717, 1.165) is 63.0 Å². The van der Waals surface area contributed by atoms with Crippen molar-refractivity contribution in [2.24, 2.45) is 0 Å². The first kappa shape index (κ1) is 24.0. The first-order valence-corrected chi connectivity index (χ1v) is 11.8. The van der Waals surface area contributed by atoms with Crippen molar-refractivity contribution >= 4 is 0 Å². The van der Waals surface area contributed by atoms with Crippen molar-refractivity contribution in [3.05, 3.63) is 59.7 Å². The molecule has 180 valence electrons. The highest BCUT2D eigenvalue weighted by molar-refractivity contribution is 5.28. The molecule has 0 amide bonds. The van der Waals surface area contributed by atoms with E-state index in [4.69, 9.17) is 18.9 Å². The molecular weight excluding hydrogens is 420 g/mol. The number of aliphatic hydroxyl groups is 1. The van der Waals surface area contributed by atoms with Crippen LogP contribution in [0, 0.1) is 6.92 Å². The third-order valence-electron chi connectivity index (χ3n) is 6.05. The summed E-state index contributed by atoms with van der Waals surface area (Å²) in [5.41, 5.74) is 1.26. The zero-order valence-electron chi connectivity index (χ0n) is 19.6. The van der Waals surface area contributed by atoms with Crippen molar-refractivity contribution in [3.63, 3.8) is 0 Å². The van der Waals surface area contributed by atoms with E-state index in [1.165, 1.54) is 5.56 Å². The van der Waals surface area contributed by atoms with Crippen LogP contribution in [-0.2, 0) is 16.0 Å². The Kier molecular flexibility index (Phi) is 8.58. The van der Waals surface area contributed by atoms with Crippen molar-refractivity contribution in [3.8, 4) is 11.5 Å². The van der Waals surface area contributed by atoms with E-state index >= 15 is 0 Å². The van der Waals surface area contributed by atoms with Crippen LogP contribution in [-0.4, -0.2) is 92.9 Å². The fourth-order valence-electron chi connectivity index (χ4n) is 4.21. The quantitative estimate of drug-likeness (QED) is 0.621. The number of nitrogens with zero attached hydrogens (tertiary/aromatic N) is 2. The number of hydrogen-bond donors (Lipinski definition) is 1. The lowest BCUT2D eigenvalue weighted by molar-refractivity contribution is -0.0646. The SMILES string of the molecule is Cc1cccc(OC[C@@]2(O)COCCN(Cc3ccc(OCCN4CCOCC4)cc3)C2)c1. The Morgan fingerprint density at radius 1 is 0.909 bits per heavy atom. The Morgan fingerprint density at radius 3 is 2.45 bits per heavy atom. The molecule has 0 radical (unpaired) electrons. The molecule has 2 aliphatic heterocycles. The molecule has 2 heterocycles. The summed E-state index contributed by atoms with van der Waals surface area (Å²) in [5.74, 6) is 1.65. The molecule has 4 rings (SSSR count). The van der Waals surface area contributed by atoms with E-state index in [-0.39, 0.29) is 13.2 Å². The van der Waals surface area contributed by atoms with Gasteiger partial charge < -0.3 is 24.1 Å². The van der Waals surface area contributed by atoms with Gasteiger partial charge in [-0.15, -0.1) is 0 Å². The minimum Gasteiger partial charge on any atom is -0.492 e. The highest BCUT2D eigenvalue weighted by atomic mass is 16.5. The topological polar surface area (TPSA) is 63.6 Å². The molecule has 0 unspecified atom stereocenters. The monoisotopic (exact) mass is 456 g/mol. The summed E-state index contributed by atoms with van der Waals surface area (Å²) in [7, 11) is 0. The summed E-state index contributed by atoms with van der Waals surface area (Å²) in [6.07, 6.45) is 0. The minimum absolute atomic E-state index is 0.197. The van der Waals surface area contributed by atoms with Gasteiger partial charge in [-0.1, -0.05) is 24.3 Å². The predicted octanol–water partition coefficient (Wildman–Crippen LogP) is 2.35. The van der Waals surface area contributed by atoms with Crippen LogP contribution in [0.25, 0.3) is 0 Å². The lowest BCUT2D eigenvalue weighted by Crippen LogP contribution is -2.48. The van der Waals surface area contributed by atoms with Gasteiger partial charge in [-0.05, 0) is 42.3 Å². The van der Waals surface area contributed by atoms with Crippen molar-refractivity contribution in [1.82, 2.24) is 9.80 Å². The first-order chi connectivity index (χ1) is 16.1. The van der Waals surface area contributed by atoms with Gasteiger partial charge in [-0.3, -0.25) is 9.80 Å². The molecule has 7 nitrogen and oxygen atoms in total. The summed E-state index contributed by atoms with van der Waals surface area (Å²) in [5, 5.41) is 11.2. The van der Waals surface area contributed by atoms with Gasteiger partial charge in [0, 0.05) is 39.3 Å². The van der Waals surface area contributed by atoms with Crippen LogP contribution in [0.2, 0.25) is 0 Å². The molecule has 0 saturated carbocycles. The van der Waals surface area contributed by atoms with Crippen molar-refractivity contribution in [2.45, 2.75) is 19.1 Å². The van der Waals surface area contributed by atoms with Gasteiger partial charge >= 0.3 is 0 Å². The molecule has 0 aromatic heterocycles. The molecule has 2 saturated heterocycles. The second kappa shape index (κ2) is 11.8. The summed E-state index contributed by atoms with van der Waals surface area (Å²) in [6, 6.07) is 16.1. The zero-order valence-corrected chi connectivity index (χ0v) is 19.6. The van der Waals surface area contributed by atoms with Crippen molar-refractivity contribution in [2.75, 3.05) is 72.4 Å². The van der Waals surface area contributed by atoms with Crippen LogP contribution in [0.1, 0.15) is 11.1 Å². The number of benzene rings is 2. The average Bonchev–Trinajstić information content (AvgIpc) is 3.01. The van der Waals surface area contributed by atoms with Gasteiger partial charge in [0.15, 0.2) is 0 Å². The van der Waals surface area contributed by atoms with Gasteiger partial charge in [0.25, 0.3) is 0 Å². The number of rotatable bonds is 9. The predicted molar refractivity (Wildman–Crippen MR) is 127 cm³/mol. The average molecular weight is 457 g/mol. The van der Waals surface area contributed by atoms with E-state index in [9.17, 15) is 5.11 Å². The van der Waals surface area contributed by atoms with Crippen LogP contribution >= 0.6 is 0 Å². The maximum atomic E-state index is 11.2. The molecule has 2 aliphatic rings. The third kappa shape index (κ3) is 7.69. The normalized spacial score (nSPS) is 22.6. The Bertz CT molecular complexity index is 856. The van der Waals surface area contributed by atoms with Crippen LogP contribution in [0.15, 0.2) is 48.5 Å². The first-order valence-electron chi connectivity index (χ1n) is 11.8. The molecule has 33 heavy (non-hydrogen) atoms. The summed E-state index contributed by atoms with van der Waals surface area (Å²) in [4.78, 5) is 4.59. The molecule has 2 aromatic carbocycles. The molecule has 2 fully saturated rings. The fourth-order valence-corrected chi connectivity index (χ4v) is 4.21. The Labute approximate surface area is 196 Å². The number of aryl methyl sites for hydroxylation is 1. The van der Waals surface area contributed by atoms with Crippen molar-refractivity contribution < 1.29 is 24.1 Å². The summed E-state index contributed by atoms with van der Waals surface area (Å²) in [6.45, 7) is 10.3. The standard InChI is InChI=1S/C26H36N2O5/c1-22-3-2-4-25(17-22)33-21-26(29)19-28(11-15-31-20-26)18-23-5-7-24(8-6-23)32-16-12-27-9-13-30-14-10-27/h2-8,17,29H,9-16,18-21H2,1H3/t26-/m0/s1. The second-order valence-corrected chi connectivity index (χ2v) is 9.04. The smallest absolute Gasteiger partial charge is 0.134 e. The molecule has 0 bridgehead atoms. The van der Waals surface area contributed by atoms with Crippen LogP contribution in [0.5, 0.6) is 11.5 Å². The molecule has 7 heteroatoms. The molecule has 1 N–H and O–H groups in total. The van der Waals surface area contributed by atoms with E-state index in [1.807, 2.05) is 43.3 Å². The third-order valence-corrected chi connectivity index (χ3v) is 6.05. The second-order valence-electron chi connectivity index (χ2n) is 9.04. The van der Waals surface area contributed by atoms with E-state index in [1.54, 1.807) is 0 Å². The van der Waals surface area contributed by atoms with Crippen LogP contribution in [0.3, 0.4) is 0 Å². The van der Waals surface area contributed by atoms with Gasteiger partial charge in [0.2, 0.25) is 0 Å². The number of hydrogen-bond acceptors (Lipinski definition) is 7. The molecular formula is C26H36N2O5. The maximum absolute atomic E-state index is 11.2. The Balaban J connectivity index is 1.25. The molecule has 0 spiro atoms. The largest absolute Gasteiger partial charge is 0.492 e. The van der Waals surface area contributed by atoms with Crippen molar-refractivity contribution in [1.29, 1.82) is 0 Å². The van der Waals surface area contributed by atoms with E-state index in [0.29, 0.717) is 19.8 Å². The Hall–Kier alpha value is -2.16. The highest BCUT2D eigenvalue weighted by Gasteiger charge is 2.33. The van der Waals surface area contributed by atoms with Gasteiger partial charge in [0.05, 0.1) is 26.4 Å². The van der Waals surface area contributed by atoms with Crippen LogP contribution < -0.4 is 9.47 Å². The number of morpholine rings is 1. The van der Waals surface area contributed by atoms with Gasteiger partial charge in [-0.25, -0.2) is 0 Å². The fraction of sp³-hybridized carbons (Fsp3) is 0.538. The minimum atomic E-state index is -1.05. The summed E-state index contributed by atoms with van der Waals surface area (Å²) < 4.78 is 22.9. The van der Waals surface area contributed by atoms with Gasteiger partial charge in [0.1, 0.15) is 30.3 Å². The highest BCUT2D eigenvalue weighted by Crippen LogP contribution is 2.20. The number of ether oxygens (including phenoxy) is 4. The molecule has 2 aromatic rings. The lowest BCUT2D eigenvalue weighted by Gasteiger charge is -2.30. The summed E-state index contributed by atoms with van der Waals surface area (Å²) >= 11 is 0. The van der Waals surface area contributed by atoms with E-state index in [2.05, 4.69) is 21.9 Å². The number of β-amino-alcohol motifs (C(OH)–C–C–N with tert-alkyl or cyclic N) is 1. The molecule has 1 atom stereocenters. The maximum Gasteiger partial charge on any atom is 0.134 e.